The van der Waals surface area contributed by atoms with Gasteiger partial charge in [-0.1, -0.05) is 19.9 Å². The van der Waals surface area contributed by atoms with Crippen molar-refractivity contribution in [1.82, 2.24) is 15.1 Å². The molecule has 2 N–H and O–H groups in total. The summed E-state index contributed by atoms with van der Waals surface area (Å²) in [5.41, 5.74) is 5.58. The van der Waals surface area contributed by atoms with Gasteiger partial charge in [-0.05, 0) is 81.0 Å². The van der Waals surface area contributed by atoms with E-state index in [0.29, 0.717) is 84.0 Å². The normalized spacial score (nSPS) is 27.6. The number of ether oxygens (including phenoxy) is 8. The van der Waals surface area contributed by atoms with Crippen molar-refractivity contribution < 1.29 is 52.6 Å². The number of methoxy groups -OCH3 is 2. The number of fused-ring (bicyclic) bond motifs is 9. The van der Waals surface area contributed by atoms with E-state index < -0.39 is 41.0 Å². The molecule has 0 amide bonds. The Kier molecular flexibility index (Phi) is 10.8. The van der Waals surface area contributed by atoms with Crippen molar-refractivity contribution in [2.45, 2.75) is 101 Å². The van der Waals surface area contributed by atoms with Crippen LogP contribution in [0.2, 0.25) is 0 Å². The monoisotopic (exact) mass is 845 g/mol. The summed E-state index contributed by atoms with van der Waals surface area (Å²) in [5.74, 6) is 3.21. The third-order valence-corrected chi connectivity index (χ3v) is 14.6. The van der Waals surface area contributed by atoms with Gasteiger partial charge in [0.05, 0.1) is 50.8 Å². The summed E-state index contributed by atoms with van der Waals surface area (Å²) in [5, 5.41) is 15.9. The van der Waals surface area contributed by atoms with Crippen LogP contribution in [-0.2, 0) is 32.7 Å². The Morgan fingerprint density at radius 1 is 0.950 bits per heavy atom. The van der Waals surface area contributed by atoms with Gasteiger partial charge in [0.15, 0.2) is 40.0 Å². The fourth-order valence-electron chi connectivity index (χ4n) is 10.6. The van der Waals surface area contributed by atoms with E-state index in [1.54, 1.807) is 26.0 Å². The molecule has 7 aliphatic heterocycles. The Labute approximate surface area is 355 Å². The molecule has 1 spiro atoms. The van der Waals surface area contributed by atoms with E-state index in [-0.39, 0.29) is 31.2 Å². The Balaban J connectivity index is 1.30. The average molecular weight is 846 g/mol. The van der Waals surface area contributed by atoms with E-state index in [2.05, 4.69) is 42.1 Å². The summed E-state index contributed by atoms with van der Waals surface area (Å²) in [4.78, 5) is 32.5. The number of carbonyl (C=O) groups is 2. The number of carbonyl (C=O) groups excluding carboxylic acids is 2. The van der Waals surface area contributed by atoms with Gasteiger partial charge in [-0.3, -0.25) is 19.9 Å². The molecule has 0 radical (unpaired) electrons. The van der Waals surface area contributed by atoms with Crippen molar-refractivity contribution in [3.63, 3.8) is 0 Å². The largest absolute Gasteiger partial charge is 0.493 e. The lowest BCUT2D eigenvalue weighted by atomic mass is 9.73. The highest BCUT2D eigenvalue weighted by atomic mass is 32.2. The summed E-state index contributed by atoms with van der Waals surface area (Å²) in [6.07, 6.45) is 1.87. The molecule has 15 heteroatoms. The van der Waals surface area contributed by atoms with Gasteiger partial charge >= 0.3 is 11.9 Å². The summed E-state index contributed by atoms with van der Waals surface area (Å²) >= 11 is 1.57. The van der Waals surface area contributed by atoms with Crippen molar-refractivity contribution in [1.29, 1.82) is 0 Å². The second kappa shape index (κ2) is 15.8. The molecule has 3 aromatic carbocycles. The van der Waals surface area contributed by atoms with Crippen LogP contribution in [0.4, 0.5) is 0 Å². The molecular weight excluding hydrogens is 791 g/mol. The minimum Gasteiger partial charge on any atom is -0.493 e. The molecule has 0 aliphatic carbocycles. The highest BCUT2D eigenvalue weighted by Gasteiger charge is 2.61. The van der Waals surface area contributed by atoms with Crippen LogP contribution in [0.3, 0.4) is 0 Å². The maximum atomic E-state index is 15.0. The predicted molar refractivity (Wildman–Crippen MR) is 223 cm³/mol. The minimum absolute atomic E-state index is 0.0311. The summed E-state index contributed by atoms with van der Waals surface area (Å²) in [6.45, 7) is 10.8. The highest BCUT2D eigenvalue weighted by Crippen LogP contribution is 2.64. The van der Waals surface area contributed by atoms with Gasteiger partial charge in [0.1, 0.15) is 18.6 Å². The Bertz CT molecular complexity index is 2230. The molecule has 2 saturated heterocycles. The number of piperazine rings is 1. The van der Waals surface area contributed by atoms with Gasteiger partial charge in [0.2, 0.25) is 6.79 Å². The van der Waals surface area contributed by atoms with Crippen molar-refractivity contribution in [3.8, 4) is 40.2 Å². The van der Waals surface area contributed by atoms with Gasteiger partial charge < -0.3 is 43.0 Å². The highest BCUT2D eigenvalue weighted by molar-refractivity contribution is 7.99. The van der Waals surface area contributed by atoms with E-state index in [4.69, 9.17) is 37.9 Å². The van der Waals surface area contributed by atoms with Crippen LogP contribution >= 0.6 is 11.8 Å². The van der Waals surface area contributed by atoms with Gasteiger partial charge in [0, 0.05) is 47.5 Å². The molecule has 10 rings (SSSR count). The van der Waals surface area contributed by atoms with Crippen LogP contribution in [-0.4, -0.2) is 105 Å². The second-order valence-corrected chi connectivity index (χ2v) is 17.7. The van der Waals surface area contributed by atoms with Crippen molar-refractivity contribution in [2.24, 2.45) is 0 Å². The Morgan fingerprint density at radius 2 is 1.72 bits per heavy atom. The smallest absolute Gasteiger partial charge is 0.331 e. The van der Waals surface area contributed by atoms with Crippen LogP contribution in [0.1, 0.15) is 95.5 Å². The molecule has 4 bridgehead atoms. The number of hydrogen-bond donors (Lipinski definition) is 2. The van der Waals surface area contributed by atoms with Gasteiger partial charge in [-0.15, -0.1) is 11.8 Å². The Morgan fingerprint density at radius 3 is 2.45 bits per heavy atom. The first kappa shape index (κ1) is 41.0. The van der Waals surface area contributed by atoms with Crippen LogP contribution < -0.4 is 38.5 Å². The van der Waals surface area contributed by atoms with Crippen LogP contribution in [0.25, 0.3) is 0 Å². The molecule has 7 atom stereocenters. The van der Waals surface area contributed by atoms with Gasteiger partial charge in [-0.25, -0.2) is 4.79 Å². The maximum Gasteiger partial charge on any atom is 0.331 e. The van der Waals surface area contributed by atoms with Gasteiger partial charge in [-0.2, -0.15) is 0 Å². The first-order valence-corrected chi connectivity index (χ1v) is 22.1. The SMILES string of the molecule is CCCOc1cc2c(cc1OC)[C@@]1(CS[C@@H]3c4c(OC(C)=O)c(C)c5c(c4[C@@H](COC1=O)N1C3[C@H]3c4c(cc(C)c(OC)c4OCCC)C[C@@H]([C@@H]1O)N3C)OCO5)NCC2. The second-order valence-electron chi connectivity index (χ2n) is 16.6. The van der Waals surface area contributed by atoms with E-state index in [9.17, 15) is 9.90 Å². The predicted octanol–water partition coefficient (Wildman–Crippen LogP) is 5.58. The maximum absolute atomic E-state index is 15.0. The lowest BCUT2D eigenvalue weighted by molar-refractivity contribution is -0.186. The summed E-state index contributed by atoms with van der Waals surface area (Å²) in [7, 11) is 5.34. The molecule has 7 heterocycles. The molecule has 7 aliphatic rings. The lowest BCUT2D eigenvalue weighted by Gasteiger charge is -2.62. The number of benzene rings is 3. The number of aryl methyl sites for hydroxylation is 1. The third-order valence-electron chi connectivity index (χ3n) is 13.1. The molecule has 3 aromatic rings. The zero-order valence-corrected chi connectivity index (χ0v) is 36.4. The zero-order valence-electron chi connectivity index (χ0n) is 35.6. The van der Waals surface area contributed by atoms with Crippen LogP contribution in [0.5, 0.6) is 40.2 Å². The number of rotatable bonds is 9. The number of aliphatic hydroxyl groups excluding tert-OH is 1. The van der Waals surface area contributed by atoms with Crippen LogP contribution in [0, 0.1) is 13.8 Å². The molecule has 2 fully saturated rings. The van der Waals surface area contributed by atoms with E-state index in [1.165, 1.54) is 6.92 Å². The number of esters is 2. The average Bonchev–Trinajstić information content (AvgIpc) is 3.73. The molecule has 0 aromatic heterocycles. The zero-order chi connectivity index (χ0) is 42.2. The Hall–Kier alpha value is -4.41. The van der Waals surface area contributed by atoms with Crippen molar-refractivity contribution in [2.75, 3.05) is 60.2 Å². The fraction of sp³-hybridized carbons (Fsp3) is 0.556. The molecular formula is C45H55N3O11S. The first-order valence-electron chi connectivity index (χ1n) is 21.0. The number of nitrogens with zero attached hydrogens (tertiary/aromatic N) is 2. The van der Waals surface area contributed by atoms with E-state index in [0.717, 1.165) is 46.2 Å². The molecule has 14 nitrogen and oxygen atoms in total. The number of nitrogens with one attached hydrogen (secondary N) is 1. The minimum atomic E-state index is -1.29. The van der Waals surface area contributed by atoms with Gasteiger partial charge in [0.25, 0.3) is 0 Å². The molecule has 60 heavy (non-hydrogen) atoms. The molecule has 322 valence electrons. The van der Waals surface area contributed by atoms with Crippen molar-refractivity contribution in [3.05, 3.63) is 62.7 Å². The summed E-state index contributed by atoms with van der Waals surface area (Å²) in [6, 6.07) is 4.21. The standard InChI is InChI=1S/C45H55N3O11S/c1-9-13-54-31-17-25-11-12-46-45(27(25)18-30(31)52-7)20-60-42-34-33(41-39(57-21-58-41)23(4)38(34)59-24(5)49)29(19-56-44(45)51)48-36(42)35-32-26(16-28(43(48)50)47(35)6)15-22(3)37(53-8)40(32)55-14-10-2/h15,17-18,28-29,35-36,42-43,46,50H,9-14,16,19-21H2,1-8H3/t28-,29+,35+,36?,42+,43-,45+/m0/s1. The number of thioether (sulfide) groups is 1. The number of likely N-dealkylation sites (N-methyl/N-ethyl adjacent to an activating group) is 1. The molecule has 1 unspecified atom stereocenters. The summed E-state index contributed by atoms with van der Waals surface area (Å²) < 4.78 is 49.9. The van der Waals surface area contributed by atoms with E-state index >= 15 is 4.79 Å². The number of aliphatic hydroxyl groups is 1. The molecule has 0 saturated carbocycles. The third kappa shape index (κ3) is 6.12. The van der Waals surface area contributed by atoms with Crippen molar-refractivity contribution >= 4 is 23.7 Å². The lowest BCUT2D eigenvalue weighted by Crippen LogP contribution is -2.70. The first-order chi connectivity index (χ1) is 29.0. The van der Waals surface area contributed by atoms with Crippen LogP contribution in [0.15, 0.2) is 18.2 Å². The van der Waals surface area contributed by atoms with E-state index in [1.807, 2.05) is 26.0 Å². The fourth-order valence-corrected chi connectivity index (χ4v) is 12.3. The quantitative estimate of drug-likeness (QED) is 0.204. The number of hydrogen-bond acceptors (Lipinski definition) is 15. The topological polar surface area (TPSA) is 147 Å².